The molecule has 0 bridgehead atoms. The van der Waals surface area contributed by atoms with Gasteiger partial charge in [0, 0.05) is 38.8 Å². The molecule has 3 fully saturated rings. The molecule has 3 aliphatic rings. The van der Waals surface area contributed by atoms with Crippen LogP contribution in [0.1, 0.15) is 38.5 Å². The molecule has 120 valence electrons. The van der Waals surface area contributed by atoms with Crippen LogP contribution < -0.4 is 5.73 Å². The number of ether oxygens (including phenoxy) is 1. The molecule has 0 spiro atoms. The zero-order valence-corrected chi connectivity index (χ0v) is 13.1. The van der Waals surface area contributed by atoms with Crippen LogP contribution in [0.2, 0.25) is 0 Å². The molecule has 1 amide bonds. The number of rotatable bonds is 3. The van der Waals surface area contributed by atoms with E-state index in [-0.39, 0.29) is 5.41 Å². The Morgan fingerprint density at radius 2 is 1.86 bits per heavy atom. The van der Waals surface area contributed by atoms with Gasteiger partial charge in [0.2, 0.25) is 5.91 Å². The monoisotopic (exact) mass is 295 g/mol. The van der Waals surface area contributed by atoms with Gasteiger partial charge in [-0.2, -0.15) is 0 Å². The topological polar surface area (TPSA) is 58.8 Å². The smallest absolute Gasteiger partial charge is 0.230 e. The molecule has 1 atom stereocenters. The van der Waals surface area contributed by atoms with Crippen molar-refractivity contribution in [3.63, 3.8) is 0 Å². The van der Waals surface area contributed by atoms with Gasteiger partial charge in [0.25, 0.3) is 0 Å². The van der Waals surface area contributed by atoms with Crippen molar-refractivity contribution >= 4 is 5.91 Å². The highest BCUT2D eigenvalue weighted by molar-refractivity contribution is 5.83. The van der Waals surface area contributed by atoms with Crippen molar-refractivity contribution in [2.75, 3.05) is 45.9 Å². The predicted molar refractivity (Wildman–Crippen MR) is 81.9 cm³/mol. The Bertz CT molecular complexity index is 363. The van der Waals surface area contributed by atoms with Crippen molar-refractivity contribution in [3.8, 4) is 0 Å². The highest BCUT2D eigenvalue weighted by atomic mass is 16.5. The van der Waals surface area contributed by atoms with Crippen molar-refractivity contribution < 1.29 is 9.53 Å². The lowest BCUT2D eigenvalue weighted by Gasteiger charge is -2.38. The fraction of sp³-hybridized carbons (Fsp3) is 0.938. The maximum atomic E-state index is 13.0. The van der Waals surface area contributed by atoms with Crippen molar-refractivity contribution in [3.05, 3.63) is 0 Å². The summed E-state index contributed by atoms with van der Waals surface area (Å²) in [6, 6.07) is 0.524. The molecule has 0 radical (unpaired) electrons. The lowest BCUT2D eigenvalue weighted by molar-refractivity contribution is -0.142. The second kappa shape index (κ2) is 6.63. The predicted octanol–water partition coefficient (Wildman–Crippen LogP) is 0.829. The number of carbonyl (C=O) groups excluding carboxylic acids is 1. The summed E-state index contributed by atoms with van der Waals surface area (Å²) in [5, 5.41) is 0. The first-order chi connectivity index (χ1) is 10.2. The number of morpholine rings is 1. The number of hydrogen-bond donors (Lipinski definition) is 1. The summed E-state index contributed by atoms with van der Waals surface area (Å²) in [6.45, 7) is 5.99. The van der Waals surface area contributed by atoms with Crippen molar-refractivity contribution in [2.45, 2.75) is 44.6 Å². The minimum atomic E-state index is -0.252. The number of likely N-dealkylation sites (tertiary alicyclic amines) is 1. The zero-order valence-electron chi connectivity index (χ0n) is 13.1. The molecule has 1 saturated carbocycles. The van der Waals surface area contributed by atoms with E-state index in [9.17, 15) is 4.79 Å². The quantitative estimate of drug-likeness (QED) is 0.838. The number of amides is 1. The fourth-order valence-electron chi connectivity index (χ4n) is 4.24. The summed E-state index contributed by atoms with van der Waals surface area (Å²) in [7, 11) is 0. The molecule has 0 aromatic carbocycles. The van der Waals surface area contributed by atoms with Crippen molar-refractivity contribution in [1.82, 2.24) is 9.80 Å². The third kappa shape index (κ3) is 3.10. The van der Waals surface area contributed by atoms with Gasteiger partial charge < -0.3 is 15.4 Å². The van der Waals surface area contributed by atoms with Gasteiger partial charge in [0.05, 0.1) is 18.6 Å². The Balaban J connectivity index is 1.60. The summed E-state index contributed by atoms with van der Waals surface area (Å²) in [5.74, 6) is 0.334. The molecule has 3 rings (SSSR count). The Kier molecular flexibility index (Phi) is 4.82. The van der Waals surface area contributed by atoms with Gasteiger partial charge >= 0.3 is 0 Å². The molecule has 2 saturated heterocycles. The van der Waals surface area contributed by atoms with Crippen LogP contribution in [0, 0.1) is 5.41 Å². The van der Waals surface area contributed by atoms with E-state index < -0.39 is 0 Å². The van der Waals surface area contributed by atoms with Crippen molar-refractivity contribution in [2.24, 2.45) is 11.1 Å². The van der Waals surface area contributed by atoms with Crippen LogP contribution in [0.25, 0.3) is 0 Å². The number of carbonyl (C=O) groups is 1. The molecule has 5 nitrogen and oxygen atoms in total. The van der Waals surface area contributed by atoms with Crippen LogP contribution in [0.15, 0.2) is 0 Å². The maximum Gasteiger partial charge on any atom is 0.230 e. The van der Waals surface area contributed by atoms with Crippen LogP contribution in [0.4, 0.5) is 0 Å². The van der Waals surface area contributed by atoms with Crippen LogP contribution in [0.5, 0.6) is 0 Å². The first-order valence-corrected chi connectivity index (χ1v) is 8.56. The second-order valence-electron chi connectivity index (χ2n) is 6.89. The Morgan fingerprint density at radius 1 is 1.14 bits per heavy atom. The van der Waals surface area contributed by atoms with E-state index in [0.717, 1.165) is 71.5 Å². The van der Waals surface area contributed by atoms with Crippen molar-refractivity contribution in [1.29, 1.82) is 0 Å². The number of nitrogens with zero attached hydrogens (tertiary/aromatic N) is 2. The molecule has 1 aliphatic carbocycles. The van der Waals surface area contributed by atoms with Gasteiger partial charge in [0.1, 0.15) is 0 Å². The lowest BCUT2D eigenvalue weighted by atomic mass is 9.73. The minimum Gasteiger partial charge on any atom is -0.379 e. The van der Waals surface area contributed by atoms with Gasteiger partial charge in [-0.05, 0) is 19.3 Å². The average Bonchev–Trinajstić information content (AvgIpc) is 3.05. The van der Waals surface area contributed by atoms with Gasteiger partial charge in [-0.1, -0.05) is 19.3 Å². The van der Waals surface area contributed by atoms with E-state index in [2.05, 4.69) is 9.80 Å². The van der Waals surface area contributed by atoms with Gasteiger partial charge in [0.15, 0.2) is 0 Å². The molecule has 2 N–H and O–H groups in total. The van der Waals surface area contributed by atoms with Gasteiger partial charge in [-0.25, -0.2) is 0 Å². The average molecular weight is 295 g/mol. The molecule has 2 aliphatic heterocycles. The SMILES string of the molecule is NCC1(C(=O)N2CCC(N3CCOCC3)C2)CCCCC1. The summed E-state index contributed by atoms with van der Waals surface area (Å²) >= 11 is 0. The number of nitrogens with two attached hydrogens (primary N) is 1. The lowest BCUT2D eigenvalue weighted by Crippen LogP contribution is -2.50. The molecule has 21 heavy (non-hydrogen) atoms. The fourth-order valence-corrected chi connectivity index (χ4v) is 4.24. The van der Waals surface area contributed by atoms with Crippen LogP contribution >= 0.6 is 0 Å². The van der Waals surface area contributed by atoms with E-state index in [1.807, 2.05) is 0 Å². The number of hydrogen-bond acceptors (Lipinski definition) is 4. The van der Waals surface area contributed by atoms with E-state index >= 15 is 0 Å². The maximum absolute atomic E-state index is 13.0. The first-order valence-electron chi connectivity index (χ1n) is 8.56. The molecule has 5 heteroatoms. The molecule has 0 aromatic heterocycles. The van der Waals surface area contributed by atoms with Crippen LogP contribution in [0.3, 0.4) is 0 Å². The summed E-state index contributed by atoms with van der Waals surface area (Å²) < 4.78 is 5.42. The minimum absolute atomic E-state index is 0.252. The zero-order chi connectivity index (χ0) is 14.7. The highest BCUT2D eigenvalue weighted by Crippen LogP contribution is 2.38. The highest BCUT2D eigenvalue weighted by Gasteiger charge is 2.43. The summed E-state index contributed by atoms with van der Waals surface area (Å²) in [4.78, 5) is 17.6. The largest absolute Gasteiger partial charge is 0.379 e. The second-order valence-corrected chi connectivity index (χ2v) is 6.89. The Labute approximate surface area is 127 Å². The first kappa shape index (κ1) is 15.3. The normalized spacial score (nSPS) is 30.5. The Morgan fingerprint density at radius 3 is 2.52 bits per heavy atom. The van der Waals surface area contributed by atoms with E-state index in [4.69, 9.17) is 10.5 Å². The standard InChI is InChI=1S/C16H29N3O2/c17-13-16(5-2-1-3-6-16)15(20)19-7-4-14(12-19)18-8-10-21-11-9-18/h14H,1-13,17H2. The van der Waals surface area contributed by atoms with E-state index in [0.29, 0.717) is 18.5 Å². The molecular weight excluding hydrogens is 266 g/mol. The third-order valence-electron chi connectivity index (χ3n) is 5.67. The Hall–Kier alpha value is -0.650. The van der Waals surface area contributed by atoms with Gasteiger partial charge in [-0.15, -0.1) is 0 Å². The van der Waals surface area contributed by atoms with Crippen LogP contribution in [-0.2, 0) is 9.53 Å². The molecule has 0 aromatic rings. The summed E-state index contributed by atoms with van der Waals surface area (Å²) in [5.41, 5.74) is 5.76. The molecular formula is C16H29N3O2. The van der Waals surface area contributed by atoms with E-state index in [1.165, 1.54) is 6.42 Å². The van der Waals surface area contributed by atoms with E-state index in [1.54, 1.807) is 0 Å². The molecule has 1 unspecified atom stereocenters. The summed E-state index contributed by atoms with van der Waals surface area (Å²) in [6.07, 6.45) is 6.65. The van der Waals surface area contributed by atoms with Crippen LogP contribution in [-0.4, -0.2) is 67.7 Å². The van der Waals surface area contributed by atoms with Gasteiger partial charge in [-0.3, -0.25) is 9.69 Å². The molecule has 2 heterocycles. The third-order valence-corrected chi connectivity index (χ3v) is 5.67.